The predicted octanol–water partition coefficient (Wildman–Crippen LogP) is 3.10. The zero-order valence-electron chi connectivity index (χ0n) is 11.2. The van der Waals surface area contributed by atoms with Crippen molar-refractivity contribution in [1.82, 2.24) is 9.78 Å². The molecule has 4 heteroatoms. The molecule has 3 nitrogen and oxygen atoms in total. The molecule has 0 unspecified atom stereocenters. The summed E-state index contributed by atoms with van der Waals surface area (Å²) < 4.78 is 14.3. The number of rotatable bonds is 3. The van der Waals surface area contributed by atoms with Crippen LogP contribution in [0.1, 0.15) is 5.56 Å². The summed E-state index contributed by atoms with van der Waals surface area (Å²) in [5.74, 6) is -0.302. The van der Waals surface area contributed by atoms with Crippen molar-refractivity contribution < 1.29 is 4.39 Å². The first-order valence-electron chi connectivity index (χ1n) is 6.59. The fraction of sp³-hybridized carbons (Fsp3) is 0.0588. The van der Waals surface area contributed by atoms with Gasteiger partial charge in [-0.2, -0.15) is 5.10 Å². The maximum absolute atomic E-state index is 12.9. The Morgan fingerprint density at radius 1 is 0.952 bits per heavy atom. The zero-order chi connectivity index (χ0) is 14.7. The highest BCUT2D eigenvalue weighted by atomic mass is 19.1. The highest BCUT2D eigenvalue weighted by Gasteiger charge is 2.03. The summed E-state index contributed by atoms with van der Waals surface area (Å²) in [6.07, 6.45) is 1.62. The van der Waals surface area contributed by atoms with E-state index in [1.54, 1.807) is 18.3 Å². The van der Waals surface area contributed by atoms with Crippen molar-refractivity contribution in [2.75, 3.05) is 0 Å². The van der Waals surface area contributed by atoms with E-state index >= 15 is 0 Å². The summed E-state index contributed by atoms with van der Waals surface area (Å²) in [5.41, 5.74) is 2.29. The Morgan fingerprint density at radius 3 is 2.33 bits per heavy atom. The molecule has 0 atom stereocenters. The SMILES string of the molecule is O=c1cc(-c2ccc(F)cc2)cnn1Cc1ccccc1. The third-order valence-electron chi connectivity index (χ3n) is 3.22. The highest BCUT2D eigenvalue weighted by Crippen LogP contribution is 2.16. The van der Waals surface area contributed by atoms with Crippen molar-refractivity contribution in [3.63, 3.8) is 0 Å². The fourth-order valence-corrected chi connectivity index (χ4v) is 2.11. The second-order valence-electron chi connectivity index (χ2n) is 4.73. The lowest BCUT2D eigenvalue weighted by atomic mass is 10.1. The van der Waals surface area contributed by atoms with Gasteiger partial charge in [0.2, 0.25) is 0 Å². The van der Waals surface area contributed by atoms with E-state index in [1.165, 1.54) is 22.9 Å². The van der Waals surface area contributed by atoms with Crippen LogP contribution in [0.15, 0.2) is 71.7 Å². The smallest absolute Gasteiger partial charge is 0.267 e. The Hall–Kier alpha value is -2.75. The number of halogens is 1. The molecular weight excluding hydrogens is 267 g/mol. The standard InChI is InChI=1S/C17H13FN2O/c18-16-8-6-14(7-9-16)15-10-17(21)20(19-11-15)12-13-4-2-1-3-5-13/h1-11H,12H2. The summed E-state index contributed by atoms with van der Waals surface area (Å²) in [4.78, 5) is 12.1. The van der Waals surface area contributed by atoms with E-state index in [9.17, 15) is 9.18 Å². The molecule has 0 saturated carbocycles. The molecule has 0 N–H and O–H groups in total. The quantitative estimate of drug-likeness (QED) is 0.739. The normalized spacial score (nSPS) is 10.5. The molecule has 0 aliphatic heterocycles. The van der Waals surface area contributed by atoms with Crippen molar-refractivity contribution >= 4 is 0 Å². The lowest BCUT2D eigenvalue weighted by Crippen LogP contribution is -2.22. The molecule has 0 radical (unpaired) electrons. The molecule has 0 spiro atoms. The molecule has 0 aliphatic rings. The third-order valence-corrected chi connectivity index (χ3v) is 3.22. The van der Waals surface area contributed by atoms with Gasteiger partial charge in [-0.15, -0.1) is 0 Å². The van der Waals surface area contributed by atoms with Crippen molar-refractivity contribution in [1.29, 1.82) is 0 Å². The van der Waals surface area contributed by atoms with Gasteiger partial charge in [0, 0.05) is 11.6 Å². The van der Waals surface area contributed by atoms with Gasteiger partial charge in [0.25, 0.3) is 5.56 Å². The van der Waals surface area contributed by atoms with E-state index in [0.717, 1.165) is 11.1 Å². The monoisotopic (exact) mass is 280 g/mol. The van der Waals surface area contributed by atoms with Gasteiger partial charge in [-0.05, 0) is 23.3 Å². The Kier molecular flexibility index (Phi) is 3.60. The molecule has 3 rings (SSSR count). The molecule has 21 heavy (non-hydrogen) atoms. The first kappa shape index (κ1) is 13.2. The molecule has 0 saturated heterocycles. The number of benzene rings is 2. The lowest BCUT2D eigenvalue weighted by Gasteiger charge is -2.06. The van der Waals surface area contributed by atoms with Crippen molar-refractivity contribution in [2.45, 2.75) is 6.54 Å². The Bertz CT molecular complexity index is 795. The van der Waals surface area contributed by atoms with Crippen molar-refractivity contribution in [3.8, 4) is 11.1 Å². The van der Waals surface area contributed by atoms with Gasteiger partial charge in [0.05, 0.1) is 12.7 Å². The highest BCUT2D eigenvalue weighted by molar-refractivity contribution is 5.61. The first-order chi connectivity index (χ1) is 10.2. The molecule has 3 aromatic rings. The van der Waals surface area contributed by atoms with E-state index in [0.29, 0.717) is 12.1 Å². The Balaban J connectivity index is 1.90. The Labute approximate surface area is 121 Å². The topological polar surface area (TPSA) is 34.9 Å². The molecule has 0 bridgehead atoms. The van der Waals surface area contributed by atoms with Crippen LogP contribution in [0, 0.1) is 5.82 Å². The number of nitrogens with zero attached hydrogens (tertiary/aromatic N) is 2. The van der Waals surface area contributed by atoms with E-state index < -0.39 is 0 Å². The second-order valence-corrected chi connectivity index (χ2v) is 4.73. The van der Waals surface area contributed by atoms with Crippen LogP contribution in [0.25, 0.3) is 11.1 Å². The third kappa shape index (κ3) is 3.05. The van der Waals surface area contributed by atoms with Crippen LogP contribution in [-0.4, -0.2) is 9.78 Å². The van der Waals surface area contributed by atoms with Crippen molar-refractivity contribution in [2.24, 2.45) is 0 Å². The second kappa shape index (κ2) is 5.71. The average Bonchev–Trinajstić information content (AvgIpc) is 2.51. The van der Waals surface area contributed by atoms with E-state index in [-0.39, 0.29) is 11.4 Å². The van der Waals surface area contributed by atoms with Crippen LogP contribution < -0.4 is 5.56 Å². The van der Waals surface area contributed by atoms with E-state index in [4.69, 9.17) is 0 Å². The lowest BCUT2D eigenvalue weighted by molar-refractivity contribution is 0.628. The van der Waals surface area contributed by atoms with Crippen LogP contribution in [0.3, 0.4) is 0 Å². The van der Waals surface area contributed by atoms with Gasteiger partial charge in [-0.3, -0.25) is 4.79 Å². The average molecular weight is 280 g/mol. The maximum atomic E-state index is 12.9. The van der Waals surface area contributed by atoms with Gasteiger partial charge in [0.15, 0.2) is 0 Å². The van der Waals surface area contributed by atoms with Crippen LogP contribution in [0.4, 0.5) is 4.39 Å². The van der Waals surface area contributed by atoms with E-state index in [1.807, 2.05) is 30.3 Å². The summed E-state index contributed by atoms with van der Waals surface area (Å²) in [5, 5.41) is 4.18. The van der Waals surface area contributed by atoms with Gasteiger partial charge in [0.1, 0.15) is 5.82 Å². The largest absolute Gasteiger partial charge is 0.268 e. The van der Waals surface area contributed by atoms with Crippen LogP contribution in [-0.2, 0) is 6.54 Å². The molecule has 2 aromatic carbocycles. The molecule has 1 aromatic heterocycles. The van der Waals surface area contributed by atoms with Crippen LogP contribution >= 0.6 is 0 Å². The number of aromatic nitrogens is 2. The molecular formula is C17H13FN2O. The van der Waals surface area contributed by atoms with E-state index in [2.05, 4.69) is 5.10 Å². The Morgan fingerprint density at radius 2 is 1.67 bits per heavy atom. The maximum Gasteiger partial charge on any atom is 0.267 e. The fourth-order valence-electron chi connectivity index (χ4n) is 2.11. The van der Waals surface area contributed by atoms with Crippen LogP contribution in [0.5, 0.6) is 0 Å². The summed E-state index contributed by atoms with van der Waals surface area (Å²) in [6.45, 7) is 0.434. The minimum atomic E-state index is -0.302. The molecule has 104 valence electrons. The van der Waals surface area contributed by atoms with Crippen molar-refractivity contribution in [3.05, 3.63) is 88.6 Å². The minimum Gasteiger partial charge on any atom is -0.268 e. The van der Waals surface area contributed by atoms with Gasteiger partial charge < -0.3 is 0 Å². The van der Waals surface area contributed by atoms with Crippen LogP contribution in [0.2, 0.25) is 0 Å². The van der Waals surface area contributed by atoms with Gasteiger partial charge in [-0.25, -0.2) is 9.07 Å². The van der Waals surface area contributed by atoms with Gasteiger partial charge in [-0.1, -0.05) is 42.5 Å². The minimum absolute atomic E-state index is 0.180. The first-order valence-corrected chi connectivity index (χ1v) is 6.59. The number of hydrogen-bond acceptors (Lipinski definition) is 2. The summed E-state index contributed by atoms with van der Waals surface area (Å²) in [7, 11) is 0. The molecule has 1 heterocycles. The number of hydrogen-bond donors (Lipinski definition) is 0. The summed E-state index contributed by atoms with van der Waals surface area (Å²) in [6, 6.07) is 17.2. The predicted molar refractivity (Wildman–Crippen MR) is 79.4 cm³/mol. The van der Waals surface area contributed by atoms with Gasteiger partial charge >= 0.3 is 0 Å². The summed E-state index contributed by atoms with van der Waals surface area (Å²) >= 11 is 0. The molecule has 0 fully saturated rings. The molecule has 0 aliphatic carbocycles. The molecule has 0 amide bonds. The zero-order valence-corrected chi connectivity index (χ0v) is 11.2.